The first-order chi connectivity index (χ1) is 15.2. The summed E-state index contributed by atoms with van der Waals surface area (Å²) in [6.07, 6.45) is 1.21. The summed E-state index contributed by atoms with van der Waals surface area (Å²) in [4.78, 5) is 2.54. The molecule has 0 amide bonds. The fourth-order valence-electron chi connectivity index (χ4n) is 5.43. The zero-order valence-corrected chi connectivity index (χ0v) is 18.1. The first kappa shape index (κ1) is 21.0. The van der Waals surface area contributed by atoms with Crippen molar-refractivity contribution in [3.8, 4) is 16.9 Å². The quantitative estimate of drug-likeness (QED) is 0.798. The molecule has 5 nitrogen and oxygen atoms in total. The number of nitrogens with zero attached hydrogens (tertiary/aromatic N) is 1. The van der Waals surface area contributed by atoms with Crippen molar-refractivity contribution in [2.45, 2.75) is 25.0 Å². The van der Waals surface area contributed by atoms with Crippen LogP contribution in [0.15, 0.2) is 54.6 Å². The fourth-order valence-corrected chi connectivity index (χ4v) is 5.43. The van der Waals surface area contributed by atoms with Gasteiger partial charge in [-0.25, -0.2) is 0 Å². The normalized spacial score (nSPS) is 30.0. The number of hydrogen-bond donors (Lipinski definition) is 1. The molecule has 0 unspecified atom stereocenters. The Morgan fingerprint density at radius 2 is 1.48 bits per heavy atom. The van der Waals surface area contributed by atoms with E-state index in [1.54, 1.807) is 0 Å². The summed E-state index contributed by atoms with van der Waals surface area (Å²) >= 11 is 0. The number of aliphatic hydroxyl groups is 1. The molecule has 4 atom stereocenters. The average Bonchev–Trinajstić information content (AvgIpc) is 2.99. The lowest BCUT2D eigenvalue weighted by atomic mass is 9.78. The molecule has 2 aromatic rings. The monoisotopic (exact) mass is 423 g/mol. The van der Waals surface area contributed by atoms with Gasteiger partial charge in [0.1, 0.15) is 11.9 Å². The Bertz CT molecular complexity index is 819. The Morgan fingerprint density at radius 3 is 2.19 bits per heavy atom. The minimum atomic E-state index is -0.403. The molecule has 2 aromatic carbocycles. The van der Waals surface area contributed by atoms with Gasteiger partial charge in [-0.05, 0) is 47.9 Å². The second kappa shape index (κ2) is 9.70. The Hall–Kier alpha value is -1.92. The number of likely N-dealkylation sites (tertiary alicyclic amines) is 1. The van der Waals surface area contributed by atoms with Crippen LogP contribution in [0.4, 0.5) is 0 Å². The highest BCUT2D eigenvalue weighted by atomic mass is 16.5. The third kappa shape index (κ3) is 5.12. The van der Waals surface area contributed by atoms with Crippen LogP contribution < -0.4 is 4.74 Å². The van der Waals surface area contributed by atoms with E-state index >= 15 is 0 Å². The van der Waals surface area contributed by atoms with E-state index in [9.17, 15) is 5.11 Å². The minimum Gasteiger partial charge on any atom is -0.488 e. The van der Waals surface area contributed by atoms with Gasteiger partial charge < -0.3 is 24.2 Å². The van der Waals surface area contributed by atoms with Crippen LogP contribution in [-0.4, -0.2) is 68.3 Å². The molecule has 3 aliphatic rings. The molecule has 0 radical (unpaired) electrons. The Labute approximate surface area is 184 Å². The van der Waals surface area contributed by atoms with Gasteiger partial charge in [0.05, 0.1) is 32.5 Å². The van der Waals surface area contributed by atoms with Crippen LogP contribution in [0, 0.1) is 17.8 Å². The van der Waals surface area contributed by atoms with Crippen molar-refractivity contribution in [1.82, 2.24) is 4.90 Å². The average molecular weight is 424 g/mol. The molecule has 1 saturated carbocycles. The second-order valence-corrected chi connectivity index (χ2v) is 9.34. The van der Waals surface area contributed by atoms with E-state index in [0.29, 0.717) is 31.0 Å². The number of benzene rings is 2. The molecular weight excluding hydrogens is 390 g/mol. The summed E-state index contributed by atoms with van der Waals surface area (Å²) in [5.41, 5.74) is 2.38. The lowest BCUT2D eigenvalue weighted by Crippen LogP contribution is -2.42. The highest BCUT2D eigenvalue weighted by Gasteiger charge is 2.43. The van der Waals surface area contributed by atoms with E-state index < -0.39 is 6.10 Å². The molecule has 1 aliphatic carbocycles. The van der Waals surface area contributed by atoms with Crippen molar-refractivity contribution >= 4 is 0 Å². The van der Waals surface area contributed by atoms with Crippen LogP contribution in [-0.2, 0) is 9.47 Å². The van der Waals surface area contributed by atoms with Gasteiger partial charge in [-0.15, -0.1) is 0 Å². The first-order valence-corrected chi connectivity index (χ1v) is 11.6. The van der Waals surface area contributed by atoms with Gasteiger partial charge in [-0.3, -0.25) is 0 Å². The molecule has 5 rings (SSSR count). The molecule has 166 valence electrons. The molecule has 0 bridgehead atoms. The van der Waals surface area contributed by atoms with Gasteiger partial charge in [-0.2, -0.15) is 0 Å². The number of rotatable bonds is 5. The molecule has 1 N–H and O–H groups in total. The fraction of sp³-hybridized carbons (Fsp3) is 0.538. The van der Waals surface area contributed by atoms with Crippen LogP contribution in [0.25, 0.3) is 11.1 Å². The standard InChI is InChI=1S/C26H33NO4/c28-25-12-22-15-27(14-19-17-29-10-11-30-18-19)16-23(22)13-26(25)31-24-8-6-21(7-9-24)20-4-2-1-3-5-20/h1-9,19,22-23,25-26,28H,10-18H2/t22-,23+,25+,26+/m0/s1. The van der Waals surface area contributed by atoms with Gasteiger partial charge in [0, 0.05) is 25.6 Å². The van der Waals surface area contributed by atoms with Crippen LogP contribution in [0.2, 0.25) is 0 Å². The molecule has 5 heteroatoms. The second-order valence-electron chi connectivity index (χ2n) is 9.34. The van der Waals surface area contributed by atoms with E-state index in [0.717, 1.165) is 51.4 Å². The summed E-state index contributed by atoms with van der Waals surface area (Å²) in [5.74, 6) is 2.43. The summed E-state index contributed by atoms with van der Waals surface area (Å²) in [7, 11) is 0. The van der Waals surface area contributed by atoms with Crippen molar-refractivity contribution in [3.05, 3.63) is 54.6 Å². The van der Waals surface area contributed by atoms with Crippen molar-refractivity contribution < 1.29 is 19.3 Å². The van der Waals surface area contributed by atoms with Crippen LogP contribution in [0.3, 0.4) is 0 Å². The van der Waals surface area contributed by atoms with Crippen molar-refractivity contribution in [1.29, 1.82) is 0 Å². The summed E-state index contributed by atoms with van der Waals surface area (Å²) < 4.78 is 17.6. The zero-order valence-electron chi connectivity index (χ0n) is 18.1. The Balaban J connectivity index is 1.17. The minimum absolute atomic E-state index is 0.131. The maximum absolute atomic E-state index is 10.8. The maximum atomic E-state index is 10.8. The molecule has 31 heavy (non-hydrogen) atoms. The van der Waals surface area contributed by atoms with E-state index in [-0.39, 0.29) is 6.10 Å². The largest absolute Gasteiger partial charge is 0.488 e. The van der Waals surface area contributed by atoms with Crippen LogP contribution in [0.1, 0.15) is 12.8 Å². The highest BCUT2D eigenvalue weighted by Crippen LogP contribution is 2.38. The van der Waals surface area contributed by atoms with Crippen LogP contribution in [0.5, 0.6) is 5.75 Å². The van der Waals surface area contributed by atoms with Gasteiger partial charge in [0.25, 0.3) is 0 Å². The van der Waals surface area contributed by atoms with Gasteiger partial charge in [0.15, 0.2) is 0 Å². The first-order valence-electron chi connectivity index (χ1n) is 11.6. The summed E-state index contributed by atoms with van der Waals surface area (Å²) in [6.45, 7) is 6.17. The van der Waals surface area contributed by atoms with E-state index in [1.165, 1.54) is 11.1 Å². The van der Waals surface area contributed by atoms with Gasteiger partial charge in [0.2, 0.25) is 0 Å². The lowest BCUT2D eigenvalue weighted by Gasteiger charge is -2.35. The van der Waals surface area contributed by atoms with Crippen molar-refractivity contribution in [2.24, 2.45) is 17.8 Å². The number of ether oxygens (including phenoxy) is 3. The Kier molecular flexibility index (Phi) is 6.55. The topological polar surface area (TPSA) is 51.2 Å². The highest BCUT2D eigenvalue weighted by molar-refractivity contribution is 5.63. The zero-order chi connectivity index (χ0) is 21.0. The molecule has 2 saturated heterocycles. The molecule has 2 aliphatic heterocycles. The molecule has 2 heterocycles. The lowest BCUT2D eigenvalue weighted by molar-refractivity contribution is -0.0231. The van der Waals surface area contributed by atoms with Gasteiger partial charge in [-0.1, -0.05) is 42.5 Å². The summed E-state index contributed by atoms with van der Waals surface area (Å²) in [5, 5.41) is 10.8. The van der Waals surface area contributed by atoms with Crippen LogP contribution >= 0.6 is 0 Å². The number of fused-ring (bicyclic) bond motifs is 1. The molecular formula is C26H33NO4. The van der Waals surface area contributed by atoms with E-state index in [2.05, 4.69) is 41.3 Å². The molecule has 0 aromatic heterocycles. The van der Waals surface area contributed by atoms with Crippen molar-refractivity contribution in [2.75, 3.05) is 46.1 Å². The molecule has 3 fully saturated rings. The third-order valence-electron chi connectivity index (χ3n) is 7.00. The summed E-state index contributed by atoms with van der Waals surface area (Å²) in [6, 6.07) is 18.6. The number of hydrogen-bond acceptors (Lipinski definition) is 5. The molecule has 0 spiro atoms. The van der Waals surface area contributed by atoms with E-state index in [1.807, 2.05) is 18.2 Å². The smallest absolute Gasteiger partial charge is 0.125 e. The number of aliphatic hydroxyl groups excluding tert-OH is 1. The SMILES string of the molecule is O[C@@H]1C[C@H]2CN(CC3COCCOC3)C[C@H]2C[C@H]1Oc1ccc(-c2ccccc2)cc1. The van der Waals surface area contributed by atoms with Crippen molar-refractivity contribution in [3.63, 3.8) is 0 Å². The van der Waals surface area contributed by atoms with Gasteiger partial charge >= 0.3 is 0 Å². The predicted molar refractivity (Wildman–Crippen MR) is 120 cm³/mol. The predicted octanol–water partition coefficient (Wildman–Crippen LogP) is 3.47. The maximum Gasteiger partial charge on any atom is 0.125 e. The third-order valence-corrected chi connectivity index (χ3v) is 7.00. The Morgan fingerprint density at radius 1 is 0.839 bits per heavy atom. The van der Waals surface area contributed by atoms with E-state index in [4.69, 9.17) is 14.2 Å².